The van der Waals surface area contributed by atoms with Crippen LogP contribution in [0, 0.1) is 6.92 Å². The molecule has 0 unspecified atom stereocenters. The number of alkyl halides is 3. The topological polar surface area (TPSA) is 38.0 Å². The number of fused-ring (bicyclic) bond motifs is 1. The molecule has 98 valence electrons. The van der Waals surface area contributed by atoms with Gasteiger partial charge in [-0.25, -0.2) is 0 Å². The molecule has 0 atom stereocenters. The maximum atomic E-state index is 12.1. The van der Waals surface area contributed by atoms with Gasteiger partial charge in [0.05, 0.1) is 5.69 Å². The molecule has 2 aromatic rings. The fraction of sp³-hybridized carbons (Fsp3) is 0.417. The molecule has 1 aromatic carbocycles. The first kappa shape index (κ1) is 12.7. The Morgan fingerprint density at radius 2 is 2.06 bits per heavy atom. The summed E-state index contributed by atoms with van der Waals surface area (Å²) < 4.78 is 37.7. The number of hydrogen-bond donors (Lipinski definition) is 1. The van der Waals surface area contributed by atoms with Crippen molar-refractivity contribution in [2.24, 2.45) is 0 Å². The van der Waals surface area contributed by atoms with Gasteiger partial charge in [0.1, 0.15) is 11.3 Å². The minimum atomic E-state index is -4.15. The van der Waals surface area contributed by atoms with E-state index in [4.69, 9.17) is 0 Å². The van der Waals surface area contributed by atoms with Gasteiger partial charge in [0.25, 0.3) is 0 Å². The first-order valence-electron chi connectivity index (χ1n) is 5.60. The summed E-state index contributed by atoms with van der Waals surface area (Å²) in [5.74, 6) is 0.0418. The Balaban J connectivity index is 2.24. The van der Waals surface area contributed by atoms with E-state index in [1.165, 1.54) is 10.7 Å². The molecule has 0 fully saturated rings. The molecular weight excluding hydrogens is 245 g/mol. The lowest BCUT2D eigenvalue weighted by atomic mass is 10.2. The number of phenols is 1. The summed E-state index contributed by atoms with van der Waals surface area (Å²) in [5, 5.41) is 14.7. The zero-order valence-corrected chi connectivity index (χ0v) is 9.83. The highest BCUT2D eigenvalue weighted by atomic mass is 19.4. The summed E-state index contributed by atoms with van der Waals surface area (Å²) in [4.78, 5) is 0. The highest BCUT2D eigenvalue weighted by Crippen LogP contribution is 2.28. The number of hydrogen-bond acceptors (Lipinski definition) is 2. The molecule has 0 aliphatic carbocycles. The van der Waals surface area contributed by atoms with Crippen molar-refractivity contribution in [3.8, 4) is 5.75 Å². The zero-order chi connectivity index (χ0) is 13.3. The third kappa shape index (κ3) is 2.57. The van der Waals surface area contributed by atoms with Crippen LogP contribution < -0.4 is 0 Å². The molecule has 3 nitrogen and oxygen atoms in total. The molecule has 0 aliphatic rings. The third-order valence-electron chi connectivity index (χ3n) is 2.76. The summed E-state index contributed by atoms with van der Waals surface area (Å²) >= 11 is 0. The largest absolute Gasteiger partial charge is 0.506 e. The Bertz CT molecular complexity index is 560. The maximum Gasteiger partial charge on any atom is 0.389 e. The Labute approximate surface area is 102 Å². The minimum Gasteiger partial charge on any atom is -0.506 e. The van der Waals surface area contributed by atoms with Crippen LogP contribution in [0.5, 0.6) is 5.75 Å². The molecule has 0 spiro atoms. The molecule has 1 N–H and O–H groups in total. The third-order valence-corrected chi connectivity index (χ3v) is 2.76. The first-order valence-corrected chi connectivity index (χ1v) is 5.60. The lowest BCUT2D eigenvalue weighted by Crippen LogP contribution is -2.10. The molecule has 0 amide bonds. The van der Waals surface area contributed by atoms with Gasteiger partial charge in [-0.2, -0.15) is 18.3 Å². The zero-order valence-electron chi connectivity index (χ0n) is 9.83. The highest BCUT2D eigenvalue weighted by Gasteiger charge is 2.26. The molecule has 0 radical (unpaired) electrons. The van der Waals surface area contributed by atoms with E-state index in [-0.39, 0.29) is 18.7 Å². The van der Waals surface area contributed by atoms with Crippen LogP contribution in [0.2, 0.25) is 0 Å². The van der Waals surface area contributed by atoms with Crippen LogP contribution in [-0.4, -0.2) is 21.1 Å². The number of aromatic hydroxyl groups is 1. The molecule has 0 saturated heterocycles. The average Bonchev–Trinajstić information content (AvgIpc) is 2.56. The van der Waals surface area contributed by atoms with E-state index in [0.29, 0.717) is 11.2 Å². The number of nitrogens with zero attached hydrogens (tertiary/aromatic N) is 2. The molecule has 6 heteroatoms. The van der Waals surface area contributed by atoms with Crippen LogP contribution in [0.4, 0.5) is 13.2 Å². The van der Waals surface area contributed by atoms with Crippen LogP contribution in [0.15, 0.2) is 18.2 Å². The van der Waals surface area contributed by atoms with Gasteiger partial charge in [-0.3, -0.25) is 4.68 Å². The summed E-state index contributed by atoms with van der Waals surface area (Å²) in [6, 6.07) is 4.98. The number of phenolic OH excluding ortho intramolecular Hbond substituents is 1. The van der Waals surface area contributed by atoms with Gasteiger partial charge in [0.15, 0.2) is 0 Å². The van der Waals surface area contributed by atoms with Crippen molar-refractivity contribution in [1.82, 2.24) is 9.78 Å². The lowest BCUT2D eigenvalue weighted by Gasteiger charge is -2.07. The van der Waals surface area contributed by atoms with Crippen molar-refractivity contribution in [2.45, 2.75) is 32.5 Å². The number of aryl methyl sites for hydroxylation is 2. The van der Waals surface area contributed by atoms with E-state index in [9.17, 15) is 18.3 Å². The molecule has 18 heavy (non-hydrogen) atoms. The number of halogens is 3. The molecular formula is C12H13F3N2O. The van der Waals surface area contributed by atoms with Crippen LogP contribution >= 0.6 is 0 Å². The molecule has 1 heterocycles. The van der Waals surface area contributed by atoms with Gasteiger partial charge >= 0.3 is 6.18 Å². The fourth-order valence-electron chi connectivity index (χ4n) is 1.97. The normalized spacial score (nSPS) is 12.2. The van der Waals surface area contributed by atoms with Gasteiger partial charge in [-0.15, -0.1) is 0 Å². The second-order valence-electron chi connectivity index (χ2n) is 4.20. The van der Waals surface area contributed by atoms with Crippen molar-refractivity contribution >= 4 is 10.9 Å². The Morgan fingerprint density at radius 1 is 1.33 bits per heavy atom. The molecule has 0 aliphatic heterocycles. The SMILES string of the molecule is Cc1nn(CCCC(F)(F)F)c2c(O)cccc12. The van der Waals surface area contributed by atoms with Crippen molar-refractivity contribution in [3.05, 3.63) is 23.9 Å². The van der Waals surface area contributed by atoms with Gasteiger partial charge in [-0.05, 0) is 19.4 Å². The smallest absolute Gasteiger partial charge is 0.389 e. The molecule has 1 aromatic heterocycles. The summed E-state index contributed by atoms with van der Waals surface area (Å²) in [6.45, 7) is 1.91. The van der Waals surface area contributed by atoms with Gasteiger partial charge in [0, 0.05) is 18.4 Å². The Hall–Kier alpha value is -1.72. The van der Waals surface area contributed by atoms with E-state index in [2.05, 4.69) is 5.10 Å². The van der Waals surface area contributed by atoms with Crippen LogP contribution in [0.3, 0.4) is 0 Å². The van der Waals surface area contributed by atoms with Crippen LogP contribution in [0.25, 0.3) is 10.9 Å². The average molecular weight is 258 g/mol. The molecule has 0 saturated carbocycles. The van der Waals surface area contributed by atoms with Gasteiger partial charge in [-0.1, -0.05) is 12.1 Å². The van der Waals surface area contributed by atoms with E-state index < -0.39 is 12.6 Å². The summed E-state index contributed by atoms with van der Waals surface area (Å²) in [5.41, 5.74) is 1.20. The van der Waals surface area contributed by atoms with Gasteiger partial charge < -0.3 is 5.11 Å². The van der Waals surface area contributed by atoms with E-state index in [0.717, 1.165) is 5.39 Å². The van der Waals surface area contributed by atoms with Crippen molar-refractivity contribution < 1.29 is 18.3 Å². The van der Waals surface area contributed by atoms with E-state index in [1.807, 2.05) is 0 Å². The second kappa shape index (κ2) is 4.51. The first-order chi connectivity index (χ1) is 8.38. The number of benzene rings is 1. The quantitative estimate of drug-likeness (QED) is 0.916. The predicted molar refractivity (Wildman–Crippen MR) is 61.4 cm³/mol. The second-order valence-corrected chi connectivity index (χ2v) is 4.20. The number of rotatable bonds is 3. The fourth-order valence-corrected chi connectivity index (χ4v) is 1.97. The van der Waals surface area contributed by atoms with E-state index in [1.54, 1.807) is 19.1 Å². The predicted octanol–water partition coefficient (Wildman–Crippen LogP) is 3.39. The number of aromatic nitrogens is 2. The standard InChI is InChI=1S/C12H13F3N2O/c1-8-9-4-2-5-10(18)11(9)17(16-8)7-3-6-12(13,14)15/h2,4-5,18H,3,6-7H2,1H3. The summed E-state index contributed by atoms with van der Waals surface area (Å²) in [6.07, 6.45) is -5.05. The number of para-hydroxylation sites is 1. The van der Waals surface area contributed by atoms with Crippen LogP contribution in [0.1, 0.15) is 18.5 Å². The van der Waals surface area contributed by atoms with Crippen LogP contribution in [-0.2, 0) is 6.54 Å². The van der Waals surface area contributed by atoms with Gasteiger partial charge in [0.2, 0.25) is 0 Å². The maximum absolute atomic E-state index is 12.1. The lowest BCUT2D eigenvalue weighted by molar-refractivity contribution is -0.135. The van der Waals surface area contributed by atoms with Crippen molar-refractivity contribution in [3.63, 3.8) is 0 Å². The molecule has 0 bridgehead atoms. The molecule has 2 rings (SSSR count). The highest BCUT2D eigenvalue weighted by molar-refractivity contribution is 5.86. The Morgan fingerprint density at radius 3 is 2.72 bits per heavy atom. The monoisotopic (exact) mass is 258 g/mol. The summed E-state index contributed by atoms with van der Waals surface area (Å²) in [7, 11) is 0. The minimum absolute atomic E-state index is 0.0418. The van der Waals surface area contributed by atoms with Crippen molar-refractivity contribution in [2.75, 3.05) is 0 Å². The Kier molecular flexibility index (Phi) is 3.19. The van der Waals surface area contributed by atoms with Crippen molar-refractivity contribution in [1.29, 1.82) is 0 Å². The van der Waals surface area contributed by atoms with E-state index >= 15 is 0 Å².